The lowest BCUT2D eigenvalue weighted by Gasteiger charge is -2.11. The molecule has 7 heteroatoms. The van der Waals surface area contributed by atoms with Crippen LogP contribution < -0.4 is 10.6 Å². The normalized spacial score (nSPS) is 10.0. The number of amides is 2. The number of benzene rings is 2. The number of carbonyl (C=O) groups is 3. The maximum atomic E-state index is 12.4. The first-order valence-electron chi connectivity index (χ1n) is 7.95. The van der Waals surface area contributed by atoms with Gasteiger partial charge >= 0.3 is 5.97 Å². The first-order chi connectivity index (χ1) is 12.6. The van der Waals surface area contributed by atoms with Gasteiger partial charge in [-0.15, -0.1) is 11.8 Å². The SMILES string of the molecule is COC(=O)CSCC(=O)Nc1ccccc1C(=O)NCc1ccccc1. The zero-order chi connectivity index (χ0) is 18.8. The number of hydrogen-bond acceptors (Lipinski definition) is 5. The van der Waals surface area contributed by atoms with E-state index in [1.54, 1.807) is 24.3 Å². The van der Waals surface area contributed by atoms with Gasteiger partial charge in [0.1, 0.15) is 0 Å². The van der Waals surface area contributed by atoms with Crippen LogP contribution in [0.4, 0.5) is 5.69 Å². The van der Waals surface area contributed by atoms with Crippen molar-refractivity contribution in [1.29, 1.82) is 0 Å². The minimum Gasteiger partial charge on any atom is -0.468 e. The Morgan fingerprint density at radius 1 is 0.962 bits per heavy atom. The Labute approximate surface area is 156 Å². The Hall–Kier alpha value is -2.80. The van der Waals surface area contributed by atoms with Gasteiger partial charge in [0.2, 0.25) is 5.91 Å². The number of hydrogen-bond donors (Lipinski definition) is 2. The molecule has 0 saturated carbocycles. The summed E-state index contributed by atoms with van der Waals surface area (Å²) in [5.74, 6) is -0.754. The molecule has 6 nitrogen and oxygen atoms in total. The number of para-hydroxylation sites is 1. The number of rotatable bonds is 8. The predicted molar refractivity (Wildman–Crippen MR) is 102 cm³/mol. The van der Waals surface area contributed by atoms with Gasteiger partial charge in [-0.2, -0.15) is 0 Å². The molecule has 0 unspecified atom stereocenters. The molecule has 0 radical (unpaired) electrons. The van der Waals surface area contributed by atoms with E-state index in [9.17, 15) is 14.4 Å². The van der Waals surface area contributed by atoms with E-state index in [1.807, 2.05) is 30.3 Å². The Bertz CT molecular complexity index is 765. The van der Waals surface area contributed by atoms with Gasteiger partial charge in [0, 0.05) is 6.54 Å². The van der Waals surface area contributed by atoms with Gasteiger partial charge in [0.05, 0.1) is 29.9 Å². The van der Waals surface area contributed by atoms with Gasteiger partial charge in [-0.1, -0.05) is 42.5 Å². The van der Waals surface area contributed by atoms with E-state index in [0.29, 0.717) is 17.8 Å². The van der Waals surface area contributed by atoms with Crippen LogP contribution in [0.15, 0.2) is 54.6 Å². The van der Waals surface area contributed by atoms with Crippen molar-refractivity contribution in [2.75, 3.05) is 23.9 Å². The lowest BCUT2D eigenvalue weighted by atomic mass is 10.1. The molecule has 0 heterocycles. The van der Waals surface area contributed by atoms with E-state index in [2.05, 4.69) is 15.4 Å². The fourth-order valence-corrected chi connectivity index (χ4v) is 2.78. The van der Waals surface area contributed by atoms with Crippen LogP contribution in [0.1, 0.15) is 15.9 Å². The summed E-state index contributed by atoms with van der Waals surface area (Å²) in [5.41, 5.74) is 1.80. The van der Waals surface area contributed by atoms with Crippen molar-refractivity contribution in [1.82, 2.24) is 5.32 Å². The Kier molecular flexibility index (Phi) is 7.70. The summed E-state index contributed by atoms with van der Waals surface area (Å²) >= 11 is 1.15. The van der Waals surface area contributed by atoms with E-state index < -0.39 is 0 Å². The smallest absolute Gasteiger partial charge is 0.315 e. The number of carbonyl (C=O) groups excluding carboxylic acids is 3. The molecule has 2 rings (SSSR count). The summed E-state index contributed by atoms with van der Waals surface area (Å²) in [4.78, 5) is 35.5. The number of ether oxygens (including phenoxy) is 1. The van der Waals surface area contributed by atoms with E-state index in [-0.39, 0.29) is 29.3 Å². The molecule has 0 aliphatic heterocycles. The molecule has 0 aromatic heterocycles. The molecular formula is C19H20N2O4S. The summed E-state index contributed by atoms with van der Waals surface area (Å²) in [6.45, 7) is 0.400. The third-order valence-electron chi connectivity index (χ3n) is 3.42. The highest BCUT2D eigenvalue weighted by molar-refractivity contribution is 8.00. The maximum Gasteiger partial charge on any atom is 0.315 e. The fourth-order valence-electron chi connectivity index (χ4n) is 2.14. The van der Waals surface area contributed by atoms with E-state index in [1.165, 1.54) is 7.11 Å². The Morgan fingerprint density at radius 3 is 2.38 bits per heavy atom. The molecule has 0 aliphatic rings. The molecule has 2 N–H and O–H groups in total. The number of thioether (sulfide) groups is 1. The number of methoxy groups -OCH3 is 1. The van der Waals surface area contributed by atoms with Crippen molar-refractivity contribution < 1.29 is 19.1 Å². The van der Waals surface area contributed by atoms with Crippen LogP contribution in [0, 0.1) is 0 Å². The molecule has 0 atom stereocenters. The van der Waals surface area contributed by atoms with Gasteiger partial charge in [0.15, 0.2) is 0 Å². The van der Waals surface area contributed by atoms with Gasteiger partial charge < -0.3 is 15.4 Å². The number of anilines is 1. The third-order valence-corrected chi connectivity index (χ3v) is 4.33. The van der Waals surface area contributed by atoms with Gasteiger partial charge in [0.25, 0.3) is 5.91 Å². The summed E-state index contributed by atoms with van der Waals surface area (Å²) in [7, 11) is 1.30. The molecule has 0 spiro atoms. The minimum absolute atomic E-state index is 0.0923. The van der Waals surface area contributed by atoms with Crippen molar-refractivity contribution in [2.45, 2.75) is 6.54 Å². The monoisotopic (exact) mass is 372 g/mol. The molecule has 2 aromatic rings. The topological polar surface area (TPSA) is 84.5 Å². The molecule has 2 aromatic carbocycles. The van der Waals surface area contributed by atoms with E-state index >= 15 is 0 Å². The number of esters is 1. The quantitative estimate of drug-likeness (QED) is 0.696. The van der Waals surface area contributed by atoms with Gasteiger partial charge in [-0.05, 0) is 17.7 Å². The van der Waals surface area contributed by atoms with Crippen molar-refractivity contribution in [3.63, 3.8) is 0 Å². The Morgan fingerprint density at radius 2 is 1.65 bits per heavy atom. The van der Waals surface area contributed by atoms with Crippen LogP contribution in [-0.4, -0.2) is 36.4 Å². The largest absolute Gasteiger partial charge is 0.468 e. The molecule has 0 bridgehead atoms. The van der Waals surface area contributed by atoms with Gasteiger partial charge in [-0.25, -0.2) is 0 Å². The molecule has 0 fully saturated rings. The zero-order valence-electron chi connectivity index (χ0n) is 14.4. The van der Waals surface area contributed by atoms with E-state index in [0.717, 1.165) is 17.3 Å². The van der Waals surface area contributed by atoms with Crippen LogP contribution in [-0.2, 0) is 20.9 Å². The van der Waals surface area contributed by atoms with Crippen molar-refractivity contribution >= 4 is 35.2 Å². The molecule has 136 valence electrons. The second-order valence-electron chi connectivity index (χ2n) is 5.33. The van der Waals surface area contributed by atoms with Crippen LogP contribution in [0.25, 0.3) is 0 Å². The number of nitrogens with one attached hydrogen (secondary N) is 2. The summed E-state index contributed by atoms with van der Waals surface area (Å²) in [5, 5.41) is 5.55. The first-order valence-corrected chi connectivity index (χ1v) is 9.11. The van der Waals surface area contributed by atoms with Crippen LogP contribution >= 0.6 is 11.8 Å². The van der Waals surface area contributed by atoms with Gasteiger partial charge in [-0.3, -0.25) is 14.4 Å². The molecule has 0 aliphatic carbocycles. The van der Waals surface area contributed by atoms with Crippen molar-refractivity contribution in [3.8, 4) is 0 Å². The van der Waals surface area contributed by atoms with Crippen LogP contribution in [0.3, 0.4) is 0 Å². The molecule has 2 amide bonds. The lowest BCUT2D eigenvalue weighted by Crippen LogP contribution is -2.25. The highest BCUT2D eigenvalue weighted by Crippen LogP contribution is 2.16. The molecular weight excluding hydrogens is 352 g/mol. The maximum absolute atomic E-state index is 12.4. The van der Waals surface area contributed by atoms with Crippen LogP contribution in [0.5, 0.6) is 0 Å². The standard InChI is InChI=1S/C19H20N2O4S/c1-25-18(23)13-26-12-17(22)21-16-10-6-5-9-15(16)19(24)20-11-14-7-3-2-4-8-14/h2-10H,11-13H2,1H3,(H,20,24)(H,21,22). The van der Waals surface area contributed by atoms with Crippen LogP contribution in [0.2, 0.25) is 0 Å². The first kappa shape index (κ1) is 19.5. The minimum atomic E-state index is -0.386. The molecule has 0 saturated heterocycles. The third kappa shape index (κ3) is 6.25. The fraction of sp³-hybridized carbons (Fsp3) is 0.211. The predicted octanol–water partition coefficient (Wildman–Crippen LogP) is 2.46. The lowest BCUT2D eigenvalue weighted by molar-refractivity contribution is -0.137. The Balaban J connectivity index is 1.92. The highest BCUT2D eigenvalue weighted by atomic mass is 32.2. The summed E-state index contributed by atoms with van der Waals surface area (Å²) < 4.78 is 4.52. The summed E-state index contributed by atoms with van der Waals surface area (Å²) in [6.07, 6.45) is 0. The zero-order valence-corrected chi connectivity index (χ0v) is 15.2. The summed E-state index contributed by atoms with van der Waals surface area (Å²) in [6, 6.07) is 16.4. The second-order valence-corrected chi connectivity index (χ2v) is 6.32. The average Bonchev–Trinajstić information content (AvgIpc) is 2.67. The van der Waals surface area contributed by atoms with E-state index in [4.69, 9.17) is 0 Å². The molecule has 26 heavy (non-hydrogen) atoms. The van der Waals surface area contributed by atoms with Crippen molar-refractivity contribution in [2.24, 2.45) is 0 Å². The second kappa shape index (κ2) is 10.2. The van der Waals surface area contributed by atoms with Crippen molar-refractivity contribution in [3.05, 3.63) is 65.7 Å². The highest BCUT2D eigenvalue weighted by Gasteiger charge is 2.13. The average molecular weight is 372 g/mol.